The Labute approximate surface area is 148 Å². The molecule has 1 saturated heterocycles. The average Bonchev–Trinajstić information content (AvgIpc) is 2.68. The molecule has 130 valence electrons. The summed E-state index contributed by atoms with van der Waals surface area (Å²) in [5.41, 5.74) is 2.95. The van der Waals surface area contributed by atoms with E-state index < -0.39 is 0 Å². The highest BCUT2D eigenvalue weighted by Crippen LogP contribution is 2.31. The number of piperazine rings is 1. The minimum Gasteiger partial charge on any atom is -0.335 e. The van der Waals surface area contributed by atoms with Crippen molar-refractivity contribution in [3.8, 4) is 0 Å². The molecule has 0 N–H and O–H groups in total. The summed E-state index contributed by atoms with van der Waals surface area (Å²) >= 11 is 0. The number of anilines is 2. The van der Waals surface area contributed by atoms with Crippen LogP contribution in [0.25, 0.3) is 0 Å². The van der Waals surface area contributed by atoms with Crippen molar-refractivity contribution in [1.29, 1.82) is 0 Å². The quantitative estimate of drug-likeness (QED) is 0.838. The summed E-state index contributed by atoms with van der Waals surface area (Å²) < 4.78 is 0. The molecular formula is C19H23N5O. The zero-order chi connectivity index (χ0) is 17.2. The van der Waals surface area contributed by atoms with Crippen molar-refractivity contribution in [3.63, 3.8) is 0 Å². The van der Waals surface area contributed by atoms with Crippen LogP contribution in [-0.2, 0) is 6.42 Å². The Morgan fingerprint density at radius 2 is 1.84 bits per heavy atom. The third-order valence-electron chi connectivity index (χ3n) is 5.00. The van der Waals surface area contributed by atoms with Gasteiger partial charge in [0.05, 0.1) is 0 Å². The van der Waals surface area contributed by atoms with Gasteiger partial charge in [0.25, 0.3) is 5.91 Å². The number of para-hydroxylation sites is 1. The summed E-state index contributed by atoms with van der Waals surface area (Å²) in [6, 6.07) is 10.1. The van der Waals surface area contributed by atoms with Crippen LogP contribution in [0.5, 0.6) is 0 Å². The minimum atomic E-state index is 0.00189. The fraction of sp³-hybridized carbons (Fsp3) is 0.421. The molecule has 1 aromatic heterocycles. The molecule has 4 rings (SSSR count). The van der Waals surface area contributed by atoms with E-state index in [2.05, 4.69) is 45.0 Å². The molecule has 25 heavy (non-hydrogen) atoms. The van der Waals surface area contributed by atoms with Crippen molar-refractivity contribution in [3.05, 3.63) is 47.8 Å². The number of fused-ring (bicyclic) bond motifs is 1. The summed E-state index contributed by atoms with van der Waals surface area (Å²) in [7, 11) is 2.08. The molecular weight excluding hydrogens is 314 g/mol. The fourth-order valence-corrected chi connectivity index (χ4v) is 3.51. The van der Waals surface area contributed by atoms with Gasteiger partial charge in [0.2, 0.25) is 5.95 Å². The molecule has 0 radical (unpaired) electrons. The van der Waals surface area contributed by atoms with Crippen molar-refractivity contribution in [2.75, 3.05) is 44.7 Å². The van der Waals surface area contributed by atoms with Gasteiger partial charge >= 0.3 is 0 Å². The van der Waals surface area contributed by atoms with Gasteiger partial charge in [-0.05, 0) is 37.6 Å². The number of amides is 1. The van der Waals surface area contributed by atoms with E-state index in [4.69, 9.17) is 0 Å². The summed E-state index contributed by atoms with van der Waals surface area (Å²) in [5, 5.41) is 0. The van der Waals surface area contributed by atoms with Crippen LogP contribution in [0.3, 0.4) is 0 Å². The molecule has 2 aromatic rings. The predicted octanol–water partition coefficient (Wildman–Crippen LogP) is 1.95. The van der Waals surface area contributed by atoms with Crippen LogP contribution >= 0.6 is 0 Å². The lowest BCUT2D eigenvalue weighted by Crippen LogP contribution is -2.47. The van der Waals surface area contributed by atoms with Gasteiger partial charge in [-0.25, -0.2) is 9.97 Å². The number of benzene rings is 1. The zero-order valence-corrected chi connectivity index (χ0v) is 14.6. The Morgan fingerprint density at radius 1 is 1.04 bits per heavy atom. The molecule has 2 aliphatic rings. The number of hydrogen-bond acceptors (Lipinski definition) is 5. The lowest BCUT2D eigenvalue weighted by Gasteiger charge is -2.32. The van der Waals surface area contributed by atoms with Crippen LogP contribution in [0.2, 0.25) is 0 Å². The summed E-state index contributed by atoms with van der Waals surface area (Å²) in [6.07, 6.45) is 3.84. The summed E-state index contributed by atoms with van der Waals surface area (Å²) in [4.78, 5) is 28.1. The first-order chi connectivity index (χ1) is 12.2. The van der Waals surface area contributed by atoms with E-state index in [0.29, 0.717) is 11.6 Å². The van der Waals surface area contributed by atoms with E-state index in [1.807, 2.05) is 11.0 Å². The molecule has 0 unspecified atom stereocenters. The van der Waals surface area contributed by atoms with Crippen molar-refractivity contribution in [1.82, 2.24) is 19.8 Å². The van der Waals surface area contributed by atoms with Gasteiger partial charge in [0.1, 0.15) is 5.69 Å². The SMILES string of the molecule is CN1CCN(C(=O)c2ccnc(N3CCCc4ccccc43)n2)CC1. The first kappa shape index (κ1) is 16.0. The predicted molar refractivity (Wildman–Crippen MR) is 97.2 cm³/mol. The highest BCUT2D eigenvalue weighted by Gasteiger charge is 2.24. The van der Waals surface area contributed by atoms with E-state index in [0.717, 1.165) is 51.3 Å². The summed E-state index contributed by atoms with van der Waals surface area (Å²) in [5.74, 6) is 0.620. The normalized spacial score (nSPS) is 18.1. The van der Waals surface area contributed by atoms with Crippen molar-refractivity contribution < 1.29 is 4.79 Å². The van der Waals surface area contributed by atoms with Crippen LogP contribution < -0.4 is 4.90 Å². The molecule has 0 saturated carbocycles. The third-order valence-corrected chi connectivity index (χ3v) is 5.00. The van der Waals surface area contributed by atoms with E-state index in [1.165, 1.54) is 5.56 Å². The fourth-order valence-electron chi connectivity index (χ4n) is 3.51. The maximum Gasteiger partial charge on any atom is 0.272 e. The molecule has 1 amide bonds. The Hall–Kier alpha value is -2.47. The van der Waals surface area contributed by atoms with Gasteiger partial charge in [-0.3, -0.25) is 4.79 Å². The number of hydrogen-bond donors (Lipinski definition) is 0. The third kappa shape index (κ3) is 3.22. The number of nitrogens with zero attached hydrogens (tertiary/aromatic N) is 5. The number of aryl methyl sites for hydroxylation is 1. The second-order valence-electron chi connectivity index (χ2n) is 6.72. The Morgan fingerprint density at radius 3 is 2.68 bits per heavy atom. The number of likely N-dealkylation sites (N-methyl/N-ethyl adjacent to an activating group) is 1. The van der Waals surface area contributed by atoms with E-state index >= 15 is 0 Å². The molecule has 3 heterocycles. The van der Waals surface area contributed by atoms with Gasteiger partial charge in [-0.15, -0.1) is 0 Å². The van der Waals surface area contributed by atoms with Crippen LogP contribution in [0, 0.1) is 0 Å². The molecule has 0 bridgehead atoms. The molecule has 1 fully saturated rings. The maximum atomic E-state index is 12.8. The van der Waals surface area contributed by atoms with Crippen LogP contribution in [0.15, 0.2) is 36.5 Å². The second kappa shape index (κ2) is 6.80. The smallest absolute Gasteiger partial charge is 0.272 e. The Balaban J connectivity index is 1.59. The highest BCUT2D eigenvalue weighted by molar-refractivity contribution is 5.92. The van der Waals surface area contributed by atoms with E-state index in [-0.39, 0.29) is 5.91 Å². The number of carbonyl (C=O) groups is 1. The molecule has 0 aliphatic carbocycles. The van der Waals surface area contributed by atoms with Crippen LogP contribution in [0.1, 0.15) is 22.5 Å². The van der Waals surface area contributed by atoms with Gasteiger partial charge < -0.3 is 14.7 Å². The minimum absolute atomic E-state index is 0.00189. The number of carbonyl (C=O) groups excluding carboxylic acids is 1. The Kier molecular flexibility index (Phi) is 4.36. The maximum absolute atomic E-state index is 12.8. The zero-order valence-electron chi connectivity index (χ0n) is 14.6. The standard InChI is InChI=1S/C19H23N5O/c1-22-11-13-23(14-12-22)18(25)16-8-9-20-19(21-16)24-10-4-6-15-5-2-3-7-17(15)24/h2-3,5,7-9H,4,6,10-14H2,1H3. The van der Waals surface area contributed by atoms with Crippen LogP contribution in [0.4, 0.5) is 11.6 Å². The van der Waals surface area contributed by atoms with E-state index in [1.54, 1.807) is 12.3 Å². The van der Waals surface area contributed by atoms with Gasteiger partial charge in [-0.1, -0.05) is 18.2 Å². The molecule has 1 aromatic carbocycles. The van der Waals surface area contributed by atoms with Gasteiger partial charge in [0, 0.05) is 44.6 Å². The number of rotatable bonds is 2. The first-order valence-electron chi connectivity index (χ1n) is 8.89. The first-order valence-corrected chi connectivity index (χ1v) is 8.89. The lowest BCUT2D eigenvalue weighted by molar-refractivity contribution is 0.0658. The van der Waals surface area contributed by atoms with Crippen molar-refractivity contribution in [2.24, 2.45) is 0 Å². The molecule has 2 aliphatic heterocycles. The molecule has 0 spiro atoms. The largest absolute Gasteiger partial charge is 0.335 e. The Bertz CT molecular complexity index is 770. The lowest BCUT2D eigenvalue weighted by atomic mass is 10.0. The van der Waals surface area contributed by atoms with Crippen molar-refractivity contribution in [2.45, 2.75) is 12.8 Å². The second-order valence-corrected chi connectivity index (χ2v) is 6.72. The molecule has 0 atom stereocenters. The van der Waals surface area contributed by atoms with Gasteiger partial charge in [-0.2, -0.15) is 0 Å². The van der Waals surface area contributed by atoms with E-state index in [9.17, 15) is 4.79 Å². The van der Waals surface area contributed by atoms with Gasteiger partial charge in [0.15, 0.2) is 0 Å². The average molecular weight is 337 g/mol. The topological polar surface area (TPSA) is 52.6 Å². The summed E-state index contributed by atoms with van der Waals surface area (Å²) in [6.45, 7) is 4.19. The van der Waals surface area contributed by atoms with Crippen molar-refractivity contribution >= 4 is 17.5 Å². The highest BCUT2D eigenvalue weighted by atomic mass is 16.2. The monoisotopic (exact) mass is 337 g/mol. The molecule has 6 heteroatoms. The molecule has 6 nitrogen and oxygen atoms in total. The van der Waals surface area contributed by atoms with Crippen LogP contribution in [-0.4, -0.2) is 65.4 Å². The number of aromatic nitrogens is 2.